The van der Waals surface area contributed by atoms with E-state index in [1.54, 1.807) is 0 Å². The van der Waals surface area contributed by atoms with E-state index in [1.807, 2.05) is 0 Å². The normalized spacial score (nSPS) is 24.2. The molecule has 0 bridgehead atoms. The molecule has 1 saturated heterocycles. The number of hydrogen-bond acceptors (Lipinski definition) is 3. The summed E-state index contributed by atoms with van der Waals surface area (Å²) in [4.78, 5) is 2.35. The minimum Gasteiger partial charge on any atom is -0.487 e. The second-order valence-corrected chi connectivity index (χ2v) is 5.11. The lowest BCUT2D eigenvalue weighted by atomic mass is 10.1. The topological polar surface area (TPSA) is 24.5 Å². The Bertz CT molecular complexity index is 405. The Morgan fingerprint density at radius 3 is 3.24 bits per heavy atom. The predicted octanol–water partition coefficient (Wildman–Crippen LogP) is 2.13. The fourth-order valence-electron chi connectivity index (χ4n) is 2.80. The highest BCUT2D eigenvalue weighted by atomic mass is 16.5. The maximum atomic E-state index is 6.16. The lowest BCUT2D eigenvalue weighted by molar-refractivity contribution is 0.105. The van der Waals surface area contributed by atoms with E-state index in [2.05, 4.69) is 35.5 Å². The zero-order valence-corrected chi connectivity index (χ0v) is 10.4. The third kappa shape index (κ3) is 2.25. The van der Waals surface area contributed by atoms with Gasteiger partial charge in [-0.15, -0.1) is 0 Å². The van der Waals surface area contributed by atoms with E-state index < -0.39 is 0 Å². The van der Waals surface area contributed by atoms with Gasteiger partial charge in [0.2, 0.25) is 0 Å². The summed E-state index contributed by atoms with van der Waals surface area (Å²) in [5.41, 5.74) is 2.62. The largest absolute Gasteiger partial charge is 0.487 e. The van der Waals surface area contributed by atoms with Gasteiger partial charge in [-0.2, -0.15) is 0 Å². The van der Waals surface area contributed by atoms with E-state index in [0.29, 0.717) is 6.10 Å². The lowest BCUT2D eigenvalue weighted by Crippen LogP contribution is -2.38. The Hall–Kier alpha value is -1.22. The second kappa shape index (κ2) is 4.57. The highest BCUT2D eigenvalue weighted by molar-refractivity contribution is 5.65. The van der Waals surface area contributed by atoms with Crippen LogP contribution >= 0.6 is 0 Å². The molecule has 1 N–H and O–H groups in total. The van der Waals surface area contributed by atoms with Crippen molar-refractivity contribution >= 4 is 5.69 Å². The number of nitrogens with one attached hydrogen (secondary N) is 1. The number of rotatable bonds is 2. The summed E-state index contributed by atoms with van der Waals surface area (Å²) in [6.45, 7) is 3.29. The fraction of sp³-hybridized carbons (Fsp3) is 0.571. The number of piperidine rings is 1. The minimum absolute atomic E-state index is 0.350. The number of likely N-dealkylation sites (tertiary alicyclic amines) is 1. The van der Waals surface area contributed by atoms with Gasteiger partial charge < -0.3 is 15.0 Å². The number of nitrogens with zero attached hydrogens (tertiary/aromatic N) is 1. The van der Waals surface area contributed by atoms with Crippen molar-refractivity contribution < 1.29 is 4.74 Å². The standard InChI is InChI=1S/C14H20N2O/c1-16-9-3-5-12(10-16)17-13-6-2-4-11-7-8-15-14(11)13/h2,4,6,12,15H,3,5,7-10H2,1H3. The minimum atomic E-state index is 0.350. The summed E-state index contributed by atoms with van der Waals surface area (Å²) in [7, 11) is 2.17. The maximum absolute atomic E-state index is 6.16. The monoisotopic (exact) mass is 232 g/mol. The Labute approximate surface area is 103 Å². The Balaban J connectivity index is 1.74. The molecule has 1 atom stereocenters. The van der Waals surface area contributed by atoms with Gasteiger partial charge in [0, 0.05) is 13.1 Å². The van der Waals surface area contributed by atoms with Gasteiger partial charge in [0.1, 0.15) is 11.9 Å². The summed E-state index contributed by atoms with van der Waals surface area (Å²) >= 11 is 0. The highest BCUT2D eigenvalue weighted by Gasteiger charge is 2.21. The van der Waals surface area contributed by atoms with Gasteiger partial charge in [-0.3, -0.25) is 0 Å². The van der Waals surface area contributed by atoms with E-state index in [4.69, 9.17) is 4.74 Å². The molecule has 0 spiro atoms. The lowest BCUT2D eigenvalue weighted by Gasteiger charge is -2.30. The molecule has 0 amide bonds. The molecule has 3 nitrogen and oxygen atoms in total. The van der Waals surface area contributed by atoms with Gasteiger partial charge in [0.25, 0.3) is 0 Å². The molecule has 2 aliphatic heterocycles. The molecule has 0 aliphatic carbocycles. The molecule has 0 aromatic heterocycles. The molecule has 17 heavy (non-hydrogen) atoms. The number of fused-ring (bicyclic) bond motifs is 1. The summed E-state index contributed by atoms with van der Waals surface area (Å²) in [5.74, 6) is 1.04. The van der Waals surface area contributed by atoms with E-state index in [1.165, 1.54) is 30.6 Å². The number of anilines is 1. The smallest absolute Gasteiger partial charge is 0.143 e. The van der Waals surface area contributed by atoms with Crippen LogP contribution in [0.5, 0.6) is 5.75 Å². The van der Waals surface area contributed by atoms with Gasteiger partial charge in [0.05, 0.1) is 5.69 Å². The van der Waals surface area contributed by atoms with Crippen LogP contribution in [0.15, 0.2) is 18.2 Å². The zero-order chi connectivity index (χ0) is 11.7. The van der Waals surface area contributed by atoms with Gasteiger partial charge in [-0.05, 0) is 44.5 Å². The average Bonchev–Trinajstić information content (AvgIpc) is 2.78. The van der Waals surface area contributed by atoms with Crippen molar-refractivity contribution in [2.75, 3.05) is 32.0 Å². The molecular formula is C14H20N2O. The summed E-state index contributed by atoms with van der Waals surface area (Å²) in [6, 6.07) is 6.38. The molecule has 1 fully saturated rings. The predicted molar refractivity (Wildman–Crippen MR) is 69.8 cm³/mol. The SMILES string of the molecule is CN1CCCC(Oc2cccc3c2NCC3)C1. The van der Waals surface area contributed by atoms with Crippen LogP contribution in [-0.4, -0.2) is 37.7 Å². The number of benzene rings is 1. The van der Waals surface area contributed by atoms with Gasteiger partial charge >= 0.3 is 0 Å². The van der Waals surface area contributed by atoms with Crippen LogP contribution in [0.3, 0.4) is 0 Å². The highest BCUT2D eigenvalue weighted by Crippen LogP contribution is 2.33. The first kappa shape index (κ1) is 10.9. The molecule has 0 saturated carbocycles. The Morgan fingerprint density at radius 2 is 2.35 bits per heavy atom. The third-order valence-corrected chi connectivity index (χ3v) is 3.68. The first-order chi connectivity index (χ1) is 8.33. The number of ether oxygens (including phenoxy) is 1. The zero-order valence-electron chi connectivity index (χ0n) is 10.4. The van der Waals surface area contributed by atoms with Crippen LogP contribution in [0.25, 0.3) is 0 Å². The van der Waals surface area contributed by atoms with Gasteiger partial charge in [0.15, 0.2) is 0 Å². The molecule has 92 valence electrons. The van der Waals surface area contributed by atoms with Gasteiger partial charge in [-0.1, -0.05) is 12.1 Å². The van der Waals surface area contributed by atoms with Crippen LogP contribution in [-0.2, 0) is 6.42 Å². The summed E-state index contributed by atoms with van der Waals surface area (Å²) in [6.07, 6.45) is 3.89. The average molecular weight is 232 g/mol. The molecule has 2 aliphatic rings. The Morgan fingerprint density at radius 1 is 1.41 bits per heavy atom. The molecule has 1 unspecified atom stereocenters. The van der Waals surface area contributed by atoms with E-state index >= 15 is 0 Å². The quantitative estimate of drug-likeness (QED) is 0.845. The molecule has 2 heterocycles. The van der Waals surface area contributed by atoms with Crippen LogP contribution in [0.4, 0.5) is 5.69 Å². The molecule has 1 aromatic carbocycles. The van der Waals surface area contributed by atoms with Crippen molar-refractivity contribution in [2.45, 2.75) is 25.4 Å². The van der Waals surface area contributed by atoms with Crippen molar-refractivity contribution in [1.29, 1.82) is 0 Å². The fourth-order valence-corrected chi connectivity index (χ4v) is 2.80. The molecule has 0 radical (unpaired) electrons. The summed E-state index contributed by atoms with van der Waals surface area (Å²) in [5, 5.41) is 3.43. The number of para-hydroxylation sites is 1. The van der Waals surface area contributed by atoms with Crippen molar-refractivity contribution in [3.05, 3.63) is 23.8 Å². The van der Waals surface area contributed by atoms with E-state index in [0.717, 1.165) is 25.3 Å². The summed E-state index contributed by atoms with van der Waals surface area (Å²) < 4.78 is 6.16. The molecule has 3 rings (SSSR count). The van der Waals surface area contributed by atoms with Gasteiger partial charge in [-0.25, -0.2) is 0 Å². The van der Waals surface area contributed by atoms with Crippen LogP contribution < -0.4 is 10.1 Å². The van der Waals surface area contributed by atoms with Crippen LogP contribution in [0.2, 0.25) is 0 Å². The van der Waals surface area contributed by atoms with Crippen molar-refractivity contribution in [2.24, 2.45) is 0 Å². The number of hydrogen-bond donors (Lipinski definition) is 1. The van der Waals surface area contributed by atoms with E-state index in [-0.39, 0.29) is 0 Å². The van der Waals surface area contributed by atoms with Crippen molar-refractivity contribution in [3.8, 4) is 5.75 Å². The van der Waals surface area contributed by atoms with E-state index in [9.17, 15) is 0 Å². The maximum Gasteiger partial charge on any atom is 0.143 e. The van der Waals surface area contributed by atoms with Crippen LogP contribution in [0, 0.1) is 0 Å². The first-order valence-electron chi connectivity index (χ1n) is 6.54. The van der Waals surface area contributed by atoms with Crippen molar-refractivity contribution in [1.82, 2.24) is 4.90 Å². The van der Waals surface area contributed by atoms with Crippen LogP contribution in [0.1, 0.15) is 18.4 Å². The third-order valence-electron chi connectivity index (χ3n) is 3.68. The second-order valence-electron chi connectivity index (χ2n) is 5.11. The first-order valence-corrected chi connectivity index (χ1v) is 6.54. The molecule has 3 heteroatoms. The molecular weight excluding hydrogens is 212 g/mol. The number of likely N-dealkylation sites (N-methyl/N-ethyl adjacent to an activating group) is 1. The Kier molecular flexibility index (Phi) is 2.93. The molecule has 1 aromatic rings. The van der Waals surface area contributed by atoms with Crippen molar-refractivity contribution in [3.63, 3.8) is 0 Å².